The minimum Gasteiger partial charge on any atom is -0.454 e. The highest BCUT2D eigenvalue weighted by atomic mass is 32.2. The molecule has 114 valence electrons. The summed E-state index contributed by atoms with van der Waals surface area (Å²) >= 11 is 2.45. The molecule has 0 fully saturated rings. The molecule has 0 atom stereocenters. The number of rotatable bonds is 2. The van der Waals surface area contributed by atoms with Gasteiger partial charge in [-0.25, -0.2) is 0 Å². The van der Waals surface area contributed by atoms with Crippen LogP contribution in [-0.4, -0.2) is 19.8 Å². The molecule has 0 bridgehead atoms. The predicted molar refractivity (Wildman–Crippen MR) is 84.0 cm³/mol. The number of sulfonamides is 1. The van der Waals surface area contributed by atoms with Crippen LogP contribution < -0.4 is 14.3 Å². The van der Waals surface area contributed by atoms with Crippen molar-refractivity contribution in [1.29, 1.82) is 0 Å². The van der Waals surface area contributed by atoms with Gasteiger partial charge in [0.05, 0.1) is 10.2 Å². The summed E-state index contributed by atoms with van der Waals surface area (Å²) in [5.74, 6) is 1.33. The van der Waals surface area contributed by atoms with Gasteiger partial charge in [0.2, 0.25) is 11.6 Å². The van der Waals surface area contributed by atoms with E-state index in [4.69, 9.17) is 9.47 Å². The van der Waals surface area contributed by atoms with Crippen molar-refractivity contribution in [3.8, 4) is 11.5 Å². The third kappa shape index (κ3) is 2.13. The third-order valence-corrected chi connectivity index (χ3v) is 7.10. The lowest BCUT2D eigenvalue weighted by Crippen LogP contribution is -2.13. The molecule has 2 aromatic heterocycles. The summed E-state index contributed by atoms with van der Waals surface area (Å²) in [5, 5.41) is 1.71. The van der Waals surface area contributed by atoms with Crippen molar-refractivity contribution >= 4 is 42.9 Å². The summed E-state index contributed by atoms with van der Waals surface area (Å²) in [6.45, 7) is 0.209. The van der Waals surface area contributed by atoms with Crippen LogP contribution in [0.4, 0.5) is 0 Å². The Morgan fingerprint density at radius 2 is 2.05 bits per heavy atom. The molecule has 0 unspecified atom stereocenters. The number of aromatic nitrogens is 1. The van der Waals surface area contributed by atoms with Gasteiger partial charge in [-0.1, -0.05) is 17.4 Å². The highest BCUT2D eigenvalue weighted by Gasteiger charge is 2.18. The summed E-state index contributed by atoms with van der Waals surface area (Å²) < 4.78 is 42.1. The Bertz CT molecular complexity index is 1030. The monoisotopic (exact) mass is 354 g/mol. The molecule has 1 aliphatic heterocycles. The Hall–Kier alpha value is -1.84. The average Bonchev–Trinajstić information content (AvgIpc) is 3.19. The minimum absolute atomic E-state index is 0.209. The molecule has 22 heavy (non-hydrogen) atoms. The Labute approximate surface area is 133 Å². The molecule has 0 aliphatic carbocycles. The van der Waals surface area contributed by atoms with Crippen molar-refractivity contribution in [2.75, 3.05) is 6.79 Å². The smallest absolute Gasteiger partial charge is 0.294 e. The van der Waals surface area contributed by atoms with Gasteiger partial charge in [-0.3, -0.25) is 0 Å². The molecule has 6 nitrogen and oxygen atoms in total. The third-order valence-electron chi connectivity index (χ3n) is 3.25. The maximum absolute atomic E-state index is 12.3. The van der Waals surface area contributed by atoms with Crippen LogP contribution in [0, 0.1) is 0 Å². The first kappa shape index (κ1) is 13.8. The van der Waals surface area contributed by atoms with E-state index in [0.717, 1.165) is 21.6 Å². The lowest BCUT2D eigenvalue weighted by atomic mass is 10.3. The molecular weight excluding hydrogens is 344 g/mol. The second-order valence-electron chi connectivity index (χ2n) is 4.62. The SMILES string of the molecule is Cn1/c(=N/S(=O)(=O)c2cccs2)sc2cc3c(cc21)OCO3. The van der Waals surface area contributed by atoms with Crippen LogP contribution in [-0.2, 0) is 17.1 Å². The Morgan fingerprint density at radius 3 is 2.77 bits per heavy atom. The van der Waals surface area contributed by atoms with E-state index in [1.807, 2.05) is 12.1 Å². The zero-order valence-corrected chi connectivity index (χ0v) is 13.8. The van der Waals surface area contributed by atoms with E-state index in [-0.39, 0.29) is 11.0 Å². The molecule has 1 aliphatic rings. The standard InChI is InChI=1S/C13H10N2O4S3/c1-15-8-5-9-10(19-7-18-9)6-11(8)21-13(15)14-22(16,17)12-3-2-4-20-12/h2-6H,7H2,1H3/b14-13-. The Balaban J connectivity index is 1.93. The predicted octanol–water partition coefficient (Wildman–Crippen LogP) is 2.32. The van der Waals surface area contributed by atoms with Crippen LogP contribution in [0.1, 0.15) is 0 Å². The molecule has 0 radical (unpaired) electrons. The molecule has 0 saturated carbocycles. The average molecular weight is 354 g/mol. The van der Waals surface area contributed by atoms with Gasteiger partial charge in [0.15, 0.2) is 11.5 Å². The van der Waals surface area contributed by atoms with Crippen molar-refractivity contribution in [3.63, 3.8) is 0 Å². The number of aryl methyl sites for hydroxylation is 1. The summed E-state index contributed by atoms with van der Waals surface area (Å²) in [7, 11) is -1.90. The Morgan fingerprint density at radius 1 is 1.27 bits per heavy atom. The van der Waals surface area contributed by atoms with Crippen LogP contribution in [0.2, 0.25) is 0 Å². The highest BCUT2D eigenvalue weighted by molar-refractivity contribution is 7.92. The van der Waals surface area contributed by atoms with Gasteiger partial charge in [-0.05, 0) is 11.4 Å². The fourth-order valence-corrected chi connectivity index (χ4v) is 5.39. The number of nitrogens with zero attached hydrogens (tertiary/aromatic N) is 2. The first-order valence-corrected chi connectivity index (χ1v) is 9.42. The van der Waals surface area contributed by atoms with E-state index >= 15 is 0 Å². The summed E-state index contributed by atoms with van der Waals surface area (Å²) in [6, 6.07) is 6.92. The Kier molecular flexibility index (Phi) is 3.03. The van der Waals surface area contributed by atoms with E-state index in [1.54, 1.807) is 29.1 Å². The highest BCUT2D eigenvalue weighted by Crippen LogP contribution is 2.36. The van der Waals surface area contributed by atoms with Gasteiger partial charge in [-0.2, -0.15) is 8.42 Å². The van der Waals surface area contributed by atoms with Crippen molar-refractivity contribution in [2.24, 2.45) is 11.4 Å². The van der Waals surface area contributed by atoms with Gasteiger partial charge in [0.25, 0.3) is 10.0 Å². The van der Waals surface area contributed by atoms with Gasteiger partial charge >= 0.3 is 0 Å². The largest absolute Gasteiger partial charge is 0.454 e. The number of hydrogen-bond acceptors (Lipinski definition) is 6. The first-order chi connectivity index (χ1) is 10.5. The summed E-state index contributed by atoms with van der Waals surface area (Å²) in [5.41, 5.74) is 0.856. The zero-order chi connectivity index (χ0) is 15.3. The van der Waals surface area contributed by atoms with E-state index in [2.05, 4.69) is 4.40 Å². The number of benzene rings is 1. The molecule has 0 saturated heterocycles. The minimum atomic E-state index is -3.68. The zero-order valence-electron chi connectivity index (χ0n) is 11.3. The number of fused-ring (bicyclic) bond motifs is 2. The molecule has 3 heterocycles. The maximum atomic E-state index is 12.3. The second-order valence-corrected chi connectivity index (χ2v) is 8.40. The molecule has 4 rings (SSSR count). The van der Waals surface area contributed by atoms with Crippen LogP contribution in [0.5, 0.6) is 11.5 Å². The summed E-state index contributed by atoms with van der Waals surface area (Å²) in [6.07, 6.45) is 0. The number of thiazole rings is 1. The van der Waals surface area contributed by atoms with E-state index in [9.17, 15) is 8.42 Å². The van der Waals surface area contributed by atoms with E-state index < -0.39 is 10.0 Å². The molecule has 3 aromatic rings. The summed E-state index contributed by atoms with van der Waals surface area (Å²) in [4.78, 5) is 0.409. The van der Waals surface area contributed by atoms with Gasteiger partial charge in [0, 0.05) is 19.2 Å². The van der Waals surface area contributed by atoms with Crippen molar-refractivity contribution < 1.29 is 17.9 Å². The van der Waals surface area contributed by atoms with Crippen LogP contribution in [0.15, 0.2) is 38.3 Å². The number of thiophene rings is 1. The number of ether oxygens (including phenoxy) is 2. The maximum Gasteiger partial charge on any atom is 0.294 e. The van der Waals surface area contributed by atoms with Crippen LogP contribution in [0.25, 0.3) is 10.2 Å². The topological polar surface area (TPSA) is 69.9 Å². The first-order valence-electron chi connectivity index (χ1n) is 6.28. The normalized spacial score (nSPS) is 14.9. The molecule has 1 aromatic carbocycles. The lowest BCUT2D eigenvalue weighted by Gasteiger charge is -1.98. The van der Waals surface area contributed by atoms with Crippen LogP contribution >= 0.6 is 22.7 Å². The number of hydrogen-bond donors (Lipinski definition) is 0. The van der Waals surface area contributed by atoms with Crippen molar-refractivity contribution in [2.45, 2.75) is 4.21 Å². The van der Waals surface area contributed by atoms with E-state index in [0.29, 0.717) is 16.3 Å². The van der Waals surface area contributed by atoms with Crippen molar-refractivity contribution in [1.82, 2.24) is 4.57 Å². The van der Waals surface area contributed by atoms with Gasteiger partial charge in [0.1, 0.15) is 4.21 Å². The fraction of sp³-hybridized carbons (Fsp3) is 0.154. The van der Waals surface area contributed by atoms with Crippen molar-refractivity contribution in [3.05, 3.63) is 34.4 Å². The molecule has 0 spiro atoms. The van der Waals surface area contributed by atoms with Gasteiger partial charge < -0.3 is 14.0 Å². The second kappa shape index (κ2) is 4.83. The fourth-order valence-electron chi connectivity index (χ4n) is 2.16. The molecule has 0 N–H and O–H groups in total. The quantitative estimate of drug-likeness (QED) is 0.708. The van der Waals surface area contributed by atoms with E-state index in [1.165, 1.54) is 11.3 Å². The lowest BCUT2D eigenvalue weighted by molar-refractivity contribution is 0.174. The molecule has 9 heteroatoms. The molecule has 0 amide bonds. The van der Waals surface area contributed by atoms with Gasteiger partial charge in [-0.15, -0.1) is 15.7 Å². The van der Waals surface area contributed by atoms with Crippen LogP contribution in [0.3, 0.4) is 0 Å². The molecular formula is C13H10N2O4S3.